The fourth-order valence-corrected chi connectivity index (χ4v) is 3.58. The van der Waals surface area contributed by atoms with Crippen LogP contribution in [0.2, 0.25) is 5.02 Å². The van der Waals surface area contributed by atoms with E-state index in [1.165, 1.54) is 0 Å². The Morgan fingerprint density at radius 1 is 1.46 bits per heavy atom. The molecule has 2 aromatic rings. The Labute approximate surface area is 163 Å². The smallest absolute Gasteiger partial charge is 0.356 e. The van der Waals surface area contributed by atoms with Gasteiger partial charge < -0.3 is 15.0 Å². The molecule has 0 saturated carbocycles. The molecule has 26 heavy (non-hydrogen) atoms. The lowest BCUT2D eigenvalue weighted by molar-refractivity contribution is 0.0511. The first-order valence-corrected chi connectivity index (χ1v) is 9.23. The Bertz CT molecular complexity index is 865. The molecule has 1 aromatic heterocycles. The largest absolute Gasteiger partial charge is 0.461 e. The number of benzene rings is 1. The van der Waals surface area contributed by atoms with Gasteiger partial charge in [-0.05, 0) is 49.8 Å². The number of carbonyl (C=O) groups is 1. The van der Waals surface area contributed by atoms with Crippen molar-refractivity contribution in [2.75, 3.05) is 18.5 Å². The number of aromatic nitrogens is 2. The van der Waals surface area contributed by atoms with E-state index in [9.17, 15) is 4.79 Å². The molecule has 0 atom stereocenters. The van der Waals surface area contributed by atoms with E-state index in [0.717, 1.165) is 35.5 Å². The Hall–Kier alpha value is -2.12. The number of ether oxygens (including phenoxy) is 1. The molecule has 3 rings (SSSR count). The number of hydrogen-bond donors (Lipinski definition) is 1. The molecule has 1 aliphatic rings. The molecular formula is C18H21ClN4O2S. The van der Waals surface area contributed by atoms with Crippen molar-refractivity contribution < 1.29 is 9.53 Å². The summed E-state index contributed by atoms with van der Waals surface area (Å²) in [5, 5.41) is 9.04. The summed E-state index contributed by atoms with van der Waals surface area (Å²) >= 11 is 11.6. The Morgan fingerprint density at radius 3 is 2.92 bits per heavy atom. The number of thiocarbonyl (C=S) groups is 1. The van der Waals surface area contributed by atoms with Crippen LogP contribution in [0.15, 0.2) is 18.2 Å². The standard InChI is InChI=1S/C18H21ClN4O2S/c1-4-25-17(24)16-13-10-23(8-7-15(13)21-22(16)3)18(26)20-14-6-5-12(19)9-11(14)2/h5-6,9H,4,7-8,10H2,1-3H3,(H,20,26). The van der Waals surface area contributed by atoms with Crippen LogP contribution in [-0.2, 0) is 24.8 Å². The minimum Gasteiger partial charge on any atom is -0.461 e. The number of nitrogens with zero attached hydrogens (tertiary/aromatic N) is 3. The number of carbonyl (C=O) groups excluding carboxylic acids is 1. The number of halogens is 1. The zero-order valence-electron chi connectivity index (χ0n) is 15.0. The molecule has 2 heterocycles. The molecule has 0 spiro atoms. The highest BCUT2D eigenvalue weighted by Gasteiger charge is 2.29. The van der Waals surface area contributed by atoms with Crippen molar-refractivity contribution in [2.45, 2.75) is 26.8 Å². The molecule has 0 saturated heterocycles. The topological polar surface area (TPSA) is 59.4 Å². The van der Waals surface area contributed by atoms with Crippen molar-refractivity contribution in [3.8, 4) is 0 Å². The lowest BCUT2D eigenvalue weighted by Gasteiger charge is -2.29. The van der Waals surface area contributed by atoms with Gasteiger partial charge in [-0.2, -0.15) is 5.10 Å². The van der Waals surface area contributed by atoms with Crippen LogP contribution in [0.5, 0.6) is 0 Å². The second kappa shape index (κ2) is 7.63. The van der Waals surface area contributed by atoms with Crippen LogP contribution in [0.3, 0.4) is 0 Å². The zero-order chi connectivity index (χ0) is 18.8. The average Bonchev–Trinajstić information content (AvgIpc) is 2.92. The molecule has 0 radical (unpaired) electrons. The van der Waals surface area contributed by atoms with Gasteiger partial charge in [-0.15, -0.1) is 0 Å². The van der Waals surface area contributed by atoms with Crippen LogP contribution in [-0.4, -0.2) is 38.9 Å². The molecule has 0 amide bonds. The molecule has 0 bridgehead atoms. The second-order valence-electron chi connectivity index (χ2n) is 6.18. The second-order valence-corrected chi connectivity index (χ2v) is 7.00. The number of aryl methyl sites for hydroxylation is 2. The molecule has 0 aliphatic carbocycles. The van der Waals surface area contributed by atoms with Gasteiger partial charge in [0.15, 0.2) is 10.8 Å². The lowest BCUT2D eigenvalue weighted by Crippen LogP contribution is -2.39. The lowest BCUT2D eigenvalue weighted by atomic mass is 10.1. The van der Waals surface area contributed by atoms with Gasteiger partial charge in [0.1, 0.15) is 0 Å². The van der Waals surface area contributed by atoms with E-state index in [1.54, 1.807) is 18.7 Å². The van der Waals surface area contributed by atoms with E-state index in [-0.39, 0.29) is 5.97 Å². The van der Waals surface area contributed by atoms with Crippen molar-refractivity contribution in [2.24, 2.45) is 7.05 Å². The van der Waals surface area contributed by atoms with Crippen LogP contribution < -0.4 is 5.32 Å². The van der Waals surface area contributed by atoms with Gasteiger partial charge in [0, 0.05) is 42.8 Å². The molecule has 6 nitrogen and oxygen atoms in total. The molecular weight excluding hydrogens is 372 g/mol. The minimum atomic E-state index is -0.349. The van der Waals surface area contributed by atoms with Crippen molar-refractivity contribution in [1.29, 1.82) is 0 Å². The Morgan fingerprint density at radius 2 is 2.23 bits per heavy atom. The van der Waals surface area contributed by atoms with E-state index in [1.807, 2.05) is 30.0 Å². The van der Waals surface area contributed by atoms with Crippen molar-refractivity contribution in [3.05, 3.63) is 45.7 Å². The van der Waals surface area contributed by atoms with Crippen molar-refractivity contribution >= 4 is 40.6 Å². The van der Waals surface area contributed by atoms with Gasteiger partial charge in [-0.3, -0.25) is 4.68 Å². The Balaban J connectivity index is 1.79. The number of fused-ring (bicyclic) bond motifs is 1. The quantitative estimate of drug-likeness (QED) is 0.638. The summed E-state index contributed by atoms with van der Waals surface area (Å²) in [7, 11) is 1.77. The molecule has 138 valence electrons. The van der Waals surface area contributed by atoms with E-state index in [4.69, 9.17) is 28.6 Å². The normalized spacial score (nSPS) is 13.3. The first-order chi connectivity index (χ1) is 12.4. The highest BCUT2D eigenvalue weighted by Crippen LogP contribution is 2.25. The summed E-state index contributed by atoms with van der Waals surface area (Å²) in [6.07, 6.45) is 0.726. The fourth-order valence-electron chi connectivity index (χ4n) is 3.09. The fraction of sp³-hybridized carbons (Fsp3) is 0.389. The van der Waals surface area contributed by atoms with Crippen LogP contribution in [0.1, 0.15) is 34.2 Å². The van der Waals surface area contributed by atoms with E-state index in [0.29, 0.717) is 29.0 Å². The summed E-state index contributed by atoms with van der Waals surface area (Å²) in [5.74, 6) is -0.349. The SMILES string of the molecule is CCOC(=O)c1c2c(nn1C)CCN(C(=S)Nc1ccc(Cl)cc1C)C2. The third kappa shape index (κ3) is 3.68. The first-order valence-electron chi connectivity index (χ1n) is 8.44. The predicted octanol–water partition coefficient (Wildman–Crippen LogP) is 3.31. The monoisotopic (exact) mass is 392 g/mol. The van der Waals surface area contributed by atoms with E-state index < -0.39 is 0 Å². The molecule has 0 unspecified atom stereocenters. The molecule has 1 aromatic carbocycles. The molecule has 1 aliphatic heterocycles. The van der Waals surface area contributed by atoms with E-state index >= 15 is 0 Å². The maximum Gasteiger partial charge on any atom is 0.356 e. The van der Waals surface area contributed by atoms with Gasteiger partial charge >= 0.3 is 5.97 Å². The average molecular weight is 393 g/mol. The summed E-state index contributed by atoms with van der Waals surface area (Å²) < 4.78 is 6.78. The summed E-state index contributed by atoms with van der Waals surface area (Å²) in [5.41, 5.74) is 4.25. The minimum absolute atomic E-state index is 0.332. The predicted molar refractivity (Wildman–Crippen MR) is 106 cm³/mol. The van der Waals surface area contributed by atoms with Gasteiger partial charge in [0.2, 0.25) is 0 Å². The number of hydrogen-bond acceptors (Lipinski definition) is 4. The third-order valence-electron chi connectivity index (χ3n) is 4.38. The highest BCUT2D eigenvalue weighted by atomic mass is 35.5. The Kier molecular flexibility index (Phi) is 5.48. The van der Waals surface area contributed by atoms with Crippen molar-refractivity contribution in [3.63, 3.8) is 0 Å². The summed E-state index contributed by atoms with van der Waals surface area (Å²) in [6, 6.07) is 5.63. The summed E-state index contributed by atoms with van der Waals surface area (Å²) in [6.45, 7) is 5.37. The number of esters is 1. The zero-order valence-corrected chi connectivity index (χ0v) is 16.6. The van der Waals surface area contributed by atoms with Gasteiger partial charge in [0.25, 0.3) is 0 Å². The number of rotatable bonds is 3. The maximum atomic E-state index is 12.3. The maximum absolute atomic E-state index is 12.3. The third-order valence-corrected chi connectivity index (χ3v) is 4.98. The van der Waals surface area contributed by atoms with Crippen LogP contribution >= 0.6 is 23.8 Å². The number of nitrogens with one attached hydrogen (secondary N) is 1. The summed E-state index contributed by atoms with van der Waals surface area (Å²) in [4.78, 5) is 14.3. The van der Waals surface area contributed by atoms with Gasteiger partial charge in [-0.1, -0.05) is 11.6 Å². The molecule has 8 heteroatoms. The first kappa shape index (κ1) is 18.7. The van der Waals surface area contributed by atoms with Crippen LogP contribution in [0.25, 0.3) is 0 Å². The molecule has 1 N–H and O–H groups in total. The van der Waals surface area contributed by atoms with Crippen LogP contribution in [0, 0.1) is 6.92 Å². The highest BCUT2D eigenvalue weighted by molar-refractivity contribution is 7.80. The van der Waals surface area contributed by atoms with Crippen molar-refractivity contribution in [1.82, 2.24) is 14.7 Å². The molecule has 0 fully saturated rings. The number of anilines is 1. The van der Waals surface area contributed by atoms with Crippen LogP contribution in [0.4, 0.5) is 5.69 Å². The van der Waals surface area contributed by atoms with Gasteiger partial charge in [0.05, 0.1) is 12.3 Å². The van der Waals surface area contributed by atoms with E-state index in [2.05, 4.69) is 10.4 Å². The van der Waals surface area contributed by atoms with Gasteiger partial charge in [-0.25, -0.2) is 4.79 Å².